The van der Waals surface area contributed by atoms with Crippen molar-refractivity contribution in [3.8, 4) is 11.5 Å². The third-order valence-corrected chi connectivity index (χ3v) is 2.93. The van der Waals surface area contributed by atoms with Crippen LogP contribution in [0.15, 0.2) is 48.5 Å². The summed E-state index contributed by atoms with van der Waals surface area (Å²) in [7, 11) is 0. The molecule has 0 fully saturated rings. The number of alkyl halides is 2. The minimum Gasteiger partial charge on any atom is -0.490 e. The van der Waals surface area contributed by atoms with Crippen molar-refractivity contribution >= 4 is 5.97 Å². The van der Waals surface area contributed by atoms with Crippen LogP contribution in [0.3, 0.4) is 0 Å². The zero-order valence-electron chi connectivity index (χ0n) is 12.5. The van der Waals surface area contributed by atoms with Crippen LogP contribution < -0.4 is 9.47 Å². The molecule has 0 aromatic heterocycles. The van der Waals surface area contributed by atoms with Gasteiger partial charge in [0.25, 0.3) is 0 Å². The molecule has 0 aliphatic rings. The quantitative estimate of drug-likeness (QED) is 0.574. The van der Waals surface area contributed by atoms with E-state index >= 15 is 0 Å². The van der Waals surface area contributed by atoms with Gasteiger partial charge in [-0.2, -0.15) is 8.78 Å². The summed E-state index contributed by atoms with van der Waals surface area (Å²) < 4.78 is 39.3. The number of rotatable bonds is 7. The second-order valence-corrected chi connectivity index (χ2v) is 4.67. The van der Waals surface area contributed by atoms with E-state index in [4.69, 9.17) is 9.47 Å². The highest BCUT2D eigenvalue weighted by Gasteiger charge is 2.16. The van der Waals surface area contributed by atoms with Crippen LogP contribution in [0.4, 0.5) is 8.78 Å². The SMILES string of the molecule is Cc1ccc(OCCOC(=O)c2ccccc2OC(F)F)cc1. The van der Waals surface area contributed by atoms with E-state index in [1.165, 1.54) is 24.3 Å². The van der Waals surface area contributed by atoms with Crippen LogP contribution in [0.25, 0.3) is 0 Å². The second kappa shape index (κ2) is 8.12. The number of ether oxygens (including phenoxy) is 3. The number of hydrogen-bond donors (Lipinski definition) is 0. The van der Waals surface area contributed by atoms with Crippen LogP contribution in [0.2, 0.25) is 0 Å². The van der Waals surface area contributed by atoms with Crippen molar-refractivity contribution < 1.29 is 27.8 Å². The Kier molecular flexibility index (Phi) is 5.91. The molecular weight excluding hydrogens is 306 g/mol. The first-order valence-corrected chi connectivity index (χ1v) is 6.96. The minimum absolute atomic E-state index is 0.00424. The van der Waals surface area contributed by atoms with E-state index < -0.39 is 12.6 Å². The summed E-state index contributed by atoms with van der Waals surface area (Å²) >= 11 is 0. The van der Waals surface area contributed by atoms with Crippen LogP contribution in [-0.2, 0) is 4.74 Å². The fraction of sp³-hybridized carbons (Fsp3) is 0.235. The molecule has 0 atom stereocenters. The normalized spacial score (nSPS) is 10.4. The Hall–Kier alpha value is -2.63. The summed E-state index contributed by atoms with van der Waals surface area (Å²) in [5.74, 6) is -0.297. The Balaban J connectivity index is 1.84. The molecule has 0 saturated carbocycles. The molecule has 0 radical (unpaired) electrons. The summed E-state index contributed by atoms with van der Waals surface area (Å²) in [4.78, 5) is 11.9. The van der Waals surface area contributed by atoms with Crippen LogP contribution in [-0.4, -0.2) is 25.8 Å². The summed E-state index contributed by atoms with van der Waals surface area (Å²) in [6.07, 6.45) is 0. The molecule has 0 spiro atoms. The summed E-state index contributed by atoms with van der Waals surface area (Å²) in [6.45, 7) is -0.888. The van der Waals surface area contributed by atoms with Gasteiger partial charge in [0.05, 0.1) is 0 Å². The highest BCUT2D eigenvalue weighted by atomic mass is 19.3. The standard InChI is InChI=1S/C17H16F2O4/c1-12-6-8-13(9-7-12)21-10-11-22-16(20)14-4-2-3-5-15(14)23-17(18)19/h2-9,17H,10-11H2,1H3. The molecule has 2 aromatic rings. The predicted molar refractivity (Wildman–Crippen MR) is 80.0 cm³/mol. The van der Waals surface area contributed by atoms with Gasteiger partial charge in [-0.25, -0.2) is 4.79 Å². The van der Waals surface area contributed by atoms with Crippen molar-refractivity contribution in [3.63, 3.8) is 0 Å². The van der Waals surface area contributed by atoms with Crippen LogP contribution in [0.1, 0.15) is 15.9 Å². The van der Waals surface area contributed by atoms with Gasteiger partial charge in [-0.3, -0.25) is 0 Å². The Morgan fingerprint density at radius 1 is 1.04 bits per heavy atom. The third kappa shape index (κ3) is 5.25. The van der Waals surface area contributed by atoms with E-state index in [-0.39, 0.29) is 24.5 Å². The zero-order valence-corrected chi connectivity index (χ0v) is 12.5. The maximum Gasteiger partial charge on any atom is 0.387 e. The topological polar surface area (TPSA) is 44.8 Å². The molecule has 0 saturated heterocycles. The predicted octanol–water partition coefficient (Wildman–Crippen LogP) is 3.83. The lowest BCUT2D eigenvalue weighted by molar-refractivity contribution is -0.0504. The highest BCUT2D eigenvalue weighted by Crippen LogP contribution is 2.21. The van der Waals surface area contributed by atoms with E-state index in [2.05, 4.69) is 4.74 Å². The van der Waals surface area contributed by atoms with Crippen molar-refractivity contribution in [2.75, 3.05) is 13.2 Å². The van der Waals surface area contributed by atoms with Crippen molar-refractivity contribution in [3.05, 3.63) is 59.7 Å². The fourth-order valence-electron chi connectivity index (χ4n) is 1.84. The number of carbonyl (C=O) groups is 1. The van der Waals surface area contributed by atoms with Crippen molar-refractivity contribution in [1.29, 1.82) is 0 Å². The molecule has 0 N–H and O–H groups in total. The Morgan fingerprint density at radius 3 is 2.43 bits per heavy atom. The molecule has 0 heterocycles. The van der Waals surface area contributed by atoms with E-state index in [1.54, 1.807) is 0 Å². The molecule has 23 heavy (non-hydrogen) atoms. The molecule has 0 aliphatic carbocycles. The summed E-state index contributed by atoms with van der Waals surface area (Å²) in [5, 5.41) is 0. The monoisotopic (exact) mass is 322 g/mol. The van der Waals surface area contributed by atoms with Crippen molar-refractivity contribution in [1.82, 2.24) is 0 Å². The molecule has 2 aromatic carbocycles. The number of aryl methyl sites for hydroxylation is 1. The Labute approximate surface area is 132 Å². The van der Waals surface area contributed by atoms with Gasteiger partial charge in [-0.15, -0.1) is 0 Å². The lowest BCUT2D eigenvalue weighted by Gasteiger charge is -2.11. The van der Waals surface area contributed by atoms with Crippen molar-refractivity contribution in [2.45, 2.75) is 13.5 Å². The van der Waals surface area contributed by atoms with Gasteiger partial charge in [0.15, 0.2) is 0 Å². The maximum atomic E-state index is 12.3. The fourth-order valence-corrected chi connectivity index (χ4v) is 1.84. The molecular formula is C17H16F2O4. The molecule has 4 nitrogen and oxygen atoms in total. The number of halogens is 2. The molecule has 0 bridgehead atoms. The molecule has 0 unspecified atom stereocenters. The molecule has 6 heteroatoms. The van der Waals surface area contributed by atoms with Gasteiger partial charge in [0, 0.05) is 0 Å². The molecule has 2 rings (SSSR count). The Bertz CT molecular complexity index is 641. The highest BCUT2D eigenvalue weighted by molar-refractivity contribution is 5.92. The number of esters is 1. The van der Waals surface area contributed by atoms with E-state index in [0.717, 1.165) is 5.56 Å². The average molecular weight is 322 g/mol. The molecule has 0 amide bonds. The number of para-hydroxylation sites is 1. The maximum absolute atomic E-state index is 12.3. The number of benzene rings is 2. The summed E-state index contributed by atoms with van der Waals surface area (Å²) in [6, 6.07) is 13.1. The second-order valence-electron chi connectivity index (χ2n) is 4.67. The third-order valence-electron chi connectivity index (χ3n) is 2.93. The van der Waals surface area contributed by atoms with Gasteiger partial charge in [-0.1, -0.05) is 29.8 Å². The summed E-state index contributed by atoms with van der Waals surface area (Å²) in [5.41, 5.74) is 1.06. The van der Waals surface area contributed by atoms with Crippen molar-refractivity contribution in [2.24, 2.45) is 0 Å². The van der Waals surface area contributed by atoms with Gasteiger partial charge in [0.2, 0.25) is 0 Å². The largest absolute Gasteiger partial charge is 0.490 e. The Morgan fingerprint density at radius 2 is 1.74 bits per heavy atom. The lowest BCUT2D eigenvalue weighted by atomic mass is 10.2. The zero-order chi connectivity index (χ0) is 16.7. The van der Waals surface area contributed by atoms with Gasteiger partial charge < -0.3 is 14.2 Å². The van der Waals surface area contributed by atoms with Gasteiger partial charge >= 0.3 is 12.6 Å². The first-order chi connectivity index (χ1) is 11.1. The number of hydrogen-bond acceptors (Lipinski definition) is 4. The first kappa shape index (κ1) is 16.7. The average Bonchev–Trinajstić information content (AvgIpc) is 2.53. The number of carbonyl (C=O) groups excluding carboxylic acids is 1. The van der Waals surface area contributed by atoms with Gasteiger partial charge in [-0.05, 0) is 31.2 Å². The first-order valence-electron chi connectivity index (χ1n) is 6.96. The van der Waals surface area contributed by atoms with E-state index in [1.807, 2.05) is 31.2 Å². The minimum atomic E-state index is -3.01. The molecule has 0 aliphatic heterocycles. The van der Waals surface area contributed by atoms with Crippen LogP contribution in [0, 0.1) is 6.92 Å². The smallest absolute Gasteiger partial charge is 0.387 e. The van der Waals surface area contributed by atoms with Crippen LogP contribution >= 0.6 is 0 Å². The molecule has 122 valence electrons. The van der Waals surface area contributed by atoms with E-state index in [9.17, 15) is 13.6 Å². The van der Waals surface area contributed by atoms with Gasteiger partial charge in [0.1, 0.15) is 30.3 Å². The van der Waals surface area contributed by atoms with Crippen LogP contribution in [0.5, 0.6) is 11.5 Å². The lowest BCUT2D eigenvalue weighted by Crippen LogP contribution is -2.14. The van der Waals surface area contributed by atoms with E-state index in [0.29, 0.717) is 5.75 Å².